The van der Waals surface area contributed by atoms with Crippen LogP contribution < -0.4 is 29.6 Å². The number of likely N-dealkylation sites (tertiary alicyclic amines) is 2. The second-order valence-electron chi connectivity index (χ2n) is 7.76. The third-order valence-corrected chi connectivity index (χ3v) is 8.09. The van der Waals surface area contributed by atoms with Gasteiger partial charge in [-0.1, -0.05) is 0 Å². The molecule has 2 aliphatic heterocycles. The van der Waals surface area contributed by atoms with Crippen molar-refractivity contribution in [3.8, 4) is 0 Å². The van der Waals surface area contributed by atoms with E-state index in [9.17, 15) is 31.6 Å². The van der Waals surface area contributed by atoms with Gasteiger partial charge in [-0.2, -0.15) is 0 Å². The van der Waals surface area contributed by atoms with Crippen molar-refractivity contribution in [3.05, 3.63) is 0 Å². The average molecular weight is 491 g/mol. The van der Waals surface area contributed by atoms with E-state index >= 15 is 0 Å². The summed E-state index contributed by atoms with van der Waals surface area (Å²) in [5.74, 6) is -1.51. The topological polar surface area (TPSA) is 141 Å². The number of hydrogen-bond acceptors (Lipinski definition) is 8. The van der Waals surface area contributed by atoms with Crippen molar-refractivity contribution in [3.63, 3.8) is 0 Å². The molecule has 13 heteroatoms. The summed E-state index contributed by atoms with van der Waals surface area (Å²) >= 11 is -2.25. The number of nitrogens with zero attached hydrogens (tertiary/aromatic N) is 2. The van der Waals surface area contributed by atoms with Gasteiger partial charge in [0.25, 0.3) is 0 Å². The van der Waals surface area contributed by atoms with E-state index in [0.29, 0.717) is 25.9 Å². The second-order valence-corrected chi connectivity index (χ2v) is 11.2. The van der Waals surface area contributed by atoms with Crippen LogP contribution in [0.3, 0.4) is 0 Å². The number of carbonyl (C=O) groups is 3. The zero-order chi connectivity index (χ0) is 23.2. The summed E-state index contributed by atoms with van der Waals surface area (Å²) in [6.07, 6.45) is 0.540. The van der Waals surface area contributed by atoms with Crippen LogP contribution in [0.5, 0.6) is 0 Å². The van der Waals surface area contributed by atoms with Crippen LogP contribution in [0.25, 0.3) is 0 Å². The summed E-state index contributed by atoms with van der Waals surface area (Å²) in [4.78, 5) is 37.4. The van der Waals surface area contributed by atoms with Crippen LogP contribution in [0, 0.1) is 0 Å². The number of ether oxygens (including phenoxy) is 1. The molecular formula is C18H31N2NaO8S2. The van der Waals surface area contributed by atoms with Crippen molar-refractivity contribution in [1.82, 2.24) is 9.80 Å². The van der Waals surface area contributed by atoms with Crippen molar-refractivity contribution in [1.29, 1.82) is 0 Å². The molecular weight excluding hydrogens is 459 g/mol. The Kier molecular flexibility index (Phi) is 13.0. The molecule has 10 nitrogen and oxygen atoms in total. The maximum absolute atomic E-state index is 12.0. The molecule has 0 spiro atoms. The molecule has 3 atom stereocenters. The number of sulfone groups is 1. The molecule has 0 aromatic carbocycles. The predicted molar refractivity (Wildman–Crippen MR) is 110 cm³/mol. The van der Waals surface area contributed by atoms with Gasteiger partial charge in [0.05, 0.1) is 19.3 Å². The van der Waals surface area contributed by atoms with Crippen LogP contribution in [0.2, 0.25) is 0 Å². The third-order valence-electron chi connectivity index (χ3n) is 5.11. The fourth-order valence-corrected chi connectivity index (χ4v) is 5.60. The fraction of sp³-hybridized carbons (Fsp3) is 0.833. The van der Waals surface area contributed by atoms with Crippen molar-refractivity contribution in [2.45, 2.75) is 69.5 Å². The smallest absolute Gasteiger partial charge is 0.772 e. The molecule has 2 rings (SSSR count). The minimum Gasteiger partial charge on any atom is -0.772 e. The molecule has 31 heavy (non-hydrogen) atoms. The van der Waals surface area contributed by atoms with Crippen molar-refractivity contribution in [2.24, 2.45) is 0 Å². The molecule has 2 amide bonds. The largest absolute Gasteiger partial charge is 1.00 e. The first-order chi connectivity index (χ1) is 13.8. The summed E-state index contributed by atoms with van der Waals surface area (Å²) in [5.41, 5.74) is 0. The normalized spacial score (nSPS) is 22.3. The van der Waals surface area contributed by atoms with Gasteiger partial charge < -0.3 is 19.1 Å². The Balaban J connectivity index is 0.000000605. The van der Waals surface area contributed by atoms with E-state index in [1.807, 2.05) is 27.7 Å². The van der Waals surface area contributed by atoms with Crippen molar-refractivity contribution in [2.75, 3.05) is 26.0 Å². The first kappa shape index (κ1) is 30.5. The second kappa shape index (κ2) is 13.2. The fourth-order valence-electron chi connectivity index (χ4n) is 3.36. The van der Waals surface area contributed by atoms with Crippen LogP contribution in [0.1, 0.15) is 47.0 Å². The number of carbonyl (C=O) groups excluding carboxylic acids is 3. The van der Waals surface area contributed by atoms with Gasteiger partial charge in [-0.15, -0.1) is 0 Å². The number of hydrogen-bond donors (Lipinski definition) is 0. The molecule has 0 aliphatic carbocycles. The van der Waals surface area contributed by atoms with E-state index in [0.717, 1.165) is 0 Å². The van der Waals surface area contributed by atoms with Gasteiger partial charge in [0.15, 0.2) is 9.84 Å². The molecule has 2 heterocycles. The van der Waals surface area contributed by atoms with Gasteiger partial charge in [-0.05, 0) is 51.6 Å². The molecule has 2 aliphatic rings. The Morgan fingerprint density at radius 1 is 1.10 bits per heavy atom. The van der Waals surface area contributed by atoms with E-state index in [1.54, 1.807) is 9.80 Å². The summed E-state index contributed by atoms with van der Waals surface area (Å²) < 4.78 is 49.4. The van der Waals surface area contributed by atoms with E-state index in [-0.39, 0.29) is 65.6 Å². The van der Waals surface area contributed by atoms with E-state index < -0.39 is 37.4 Å². The predicted octanol–water partition coefficient (Wildman–Crippen LogP) is -3.15. The summed E-state index contributed by atoms with van der Waals surface area (Å²) in [6, 6.07) is 0.101. The number of esters is 1. The van der Waals surface area contributed by atoms with Crippen molar-refractivity contribution < 1.29 is 65.9 Å². The Bertz CT molecular complexity index is 773. The minimum absolute atomic E-state index is 0. The minimum atomic E-state index is -3.57. The van der Waals surface area contributed by atoms with Crippen LogP contribution in [0.4, 0.5) is 0 Å². The molecule has 174 valence electrons. The van der Waals surface area contributed by atoms with E-state index in [2.05, 4.69) is 4.74 Å². The maximum atomic E-state index is 12.0. The Morgan fingerprint density at radius 3 is 1.94 bits per heavy atom. The van der Waals surface area contributed by atoms with Gasteiger partial charge in [0, 0.05) is 25.2 Å². The van der Waals surface area contributed by atoms with Crippen LogP contribution in [0.15, 0.2) is 0 Å². The van der Waals surface area contributed by atoms with Crippen molar-refractivity contribution >= 4 is 38.7 Å². The summed E-state index contributed by atoms with van der Waals surface area (Å²) in [5, 5.41) is -1.79. The molecule has 3 unspecified atom stereocenters. The Labute approximate surface area is 208 Å². The maximum Gasteiger partial charge on any atom is 1.00 e. The first-order valence-electron chi connectivity index (χ1n) is 9.80. The summed E-state index contributed by atoms with van der Waals surface area (Å²) in [7, 11) is -2.37. The van der Waals surface area contributed by atoms with Gasteiger partial charge in [0.1, 0.15) is 10.5 Å². The van der Waals surface area contributed by atoms with Gasteiger partial charge in [-0.3, -0.25) is 18.6 Å². The van der Waals surface area contributed by atoms with Gasteiger partial charge in [0.2, 0.25) is 11.8 Å². The number of rotatable bonds is 7. The molecule has 2 fully saturated rings. The molecule has 0 aromatic heterocycles. The molecule has 0 aromatic rings. The number of amides is 2. The quantitative estimate of drug-likeness (QED) is 0.207. The van der Waals surface area contributed by atoms with E-state index in [4.69, 9.17) is 0 Å². The SMILES string of the molecule is CC(C)N1CCC(S(=O)[O-])C1=O.COC(=O)CCS(=O)(=O)C1CCN(C(C)C)C1=O.[Na+]. The Hall–Kier alpha value is -0.530. The number of methoxy groups -OCH3 is 1. The monoisotopic (exact) mass is 490 g/mol. The molecule has 0 N–H and O–H groups in total. The summed E-state index contributed by atoms with van der Waals surface area (Å²) in [6.45, 7) is 8.48. The standard InChI is InChI=1S/C11H19NO5S.C7H13NO3S.Na/c1-8(2)12-6-4-9(11(12)14)18(15,16)7-5-10(13)17-3;1-5(2)8-4-3-6(7(8)9)12(10)11;/h8-9H,4-7H2,1-3H3;5-6H,3-4H2,1-2H3,(H,10,11);/q;;+1/p-1. The van der Waals surface area contributed by atoms with Crippen LogP contribution in [-0.4, -0.2) is 93.3 Å². The molecule has 2 saturated heterocycles. The van der Waals surface area contributed by atoms with Gasteiger partial charge in [-0.25, -0.2) is 8.42 Å². The average Bonchev–Trinajstić information content (AvgIpc) is 3.23. The van der Waals surface area contributed by atoms with Gasteiger partial charge >= 0.3 is 35.5 Å². The van der Waals surface area contributed by atoms with Crippen LogP contribution in [-0.2, 0) is 40.0 Å². The Morgan fingerprint density at radius 2 is 1.58 bits per heavy atom. The first-order valence-corrected chi connectivity index (χ1v) is 12.7. The third kappa shape index (κ3) is 8.39. The zero-order valence-corrected chi connectivity index (χ0v) is 22.7. The molecule has 0 radical (unpaired) electrons. The molecule has 0 saturated carbocycles. The van der Waals surface area contributed by atoms with E-state index in [1.165, 1.54) is 7.11 Å². The zero-order valence-electron chi connectivity index (χ0n) is 19.0. The molecule has 0 bridgehead atoms. The van der Waals surface area contributed by atoms with Crippen LogP contribution >= 0.6 is 0 Å².